The highest BCUT2D eigenvalue weighted by atomic mass is 16.3. The van der Waals surface area contributed by atoms with E-state index < -0.39 is 5.54 Å². The number of aliphatic hydroxyl groups excluding tert-OH is 1. The molecule has 2 amide bonds. The summed E-state index contributed by atoms with van der Waals surface area (Å²) in [6.07, 6.45) is 2.26. The number of carbonyl (C=O) groups is 1. The van der Waals surface area contributed by atoms with Gasteiger partial charge in [-0.15, -0.1) is 0 Å². The van der Waals surface area contributed by atoms with Crippen molar-refractivity contribution in [2.45, 2.75) is 52.5 Å². The Morgan fingerprint density at radius 2 is 1.90 bits per heavy atom. The van der Waals surface area contributed by atoms with E-state index in [1.165, 1.54) is 0 Å². The van der Waals surface area contributed by atoms with Gasteiger partial charge in [-0.1, -0.05) is 39.0 Å². The van der Waals surface area contributed by atoms with Gasteiger partial charge in [0.25, 0.3) is 0 Å². The van der Waals surface area contributed by atoms with Crippen molar-refractivity contribution in [3.05, 3.63) is 29.3 Å². The third kappa shape index (κ3) is 3.73. The highest BCUT2D eigenvalue weighted by Gasteiger charge is 2.27. The molecule has 0 saturated carbocycles. The predicted octanol–water partition coefficient (Wildman–Crippen LogP) is 3.23. The first-order valence-corrected chi connectivity index (χ1v) is 7.30. The number of rotatable bonds is 6. The van der Waals surface area contributed by atoms with Crippen LogP contribution in [0.2, 0.25) is 0 Å². The number of para-hydroxylation sites is 1. The van der Waals surface area contributed by atoms with Crippen LogP contribution in [0.3, 0.4) is 0 Å². The van der Waals surface area contributed by atoms with Crippen molar-refractivity contribution in [1.29, 1.82) is 0 Å². The zero-order chi connectivity index (χ0) is 15.2. The van der Waals surface area contributed by atoms with Crippen LogP contribution in [0.15, 0.2) is 18.2 Å². The number of hydrogen-bond donors (Lipinski definition) is 3. The Balaban J connectivity index is 2.86. The number of aliphatic hydroxyl groups is 1. The summed E-state index contributed by atoms with van der Waals surface area (Å²) in [6.45, 7) is 7.92. The topological polar surface area (TPSA) is 61.4 Å². The van der Waals surface area contributed by atoms with E-state index in [2.05, 4.69) is 17.6 Å². The van der Waals surface area contributed by atoms with Crippen molar-refractivity contribution in [3.8, 4) is 0 Å². The fraction of sp³-hybridized carbons (Fsp3) is 0.562. The molecule has 0 spiro atoms. The lowest BCUT2D eigenvalue weighted by molar-refractivity contribution is 0.155. The molecule has 0 aliphatic rings. The average molecular weight is 278 g/mol. The minimum Gasteiger partial charge on any atom is -0.394 e. The molecule has 0 aromatic heterocycles. The zero-order valence-electron chi connectivity index (χ0n) is 12.9. The van der Waals surface area contributed by atoms with Crippen LogP contribution in [-0.2, 0) is 6.42 Å². The molecular weight excluding hydrogens is 252 g/mol. The molecule has 0 radical (unpaired) electrons. The molecule has 0 atom stereocenters. The molecule has 0 aliphatic heterocycles. The molecule has 0 unspecified atom stereocenters. The maximum Gasteiger partial charge on any atom is 0.319 e. The van der Waals surface area contributed by atoms with Crippen molar-refractivity contribution >= 4 is 11.7 Å². The van der Waals surface area contributed by atoms with Crippen LogP contribution < -0.4 is 10.6 Å². The third-order valence-electron chi connectivity index (χ3n) is 4.01. The van der Waals surface area contributed by atoms with Gasteiger partial charge < -0.3 is 15.7 Å². The van der Waals surface area contributed by atoms with Crippen LogP contribution in [0.4, 0.5) is 10.5 Å². The number of benzene rings is 1. The lowest BCUT2D eigenvalue weighted by atomic mass is 9.94. The van der Waals surface area contributed by atoms with Crippen molar-refractivity contribution in [2.75, 3.05) is 11.9 Å². The Bertz CT molecular complexity index is 446. The van der Waals surface area contributed by atoms with Crippen molar-refractivity contribution < 1.29 is 9.90 Å². The van der Waals surface area contributed by atoms with Gasteiger partial charge >= 0.3 is 6.03 Å². The summed E-state index contributed by atoms with van der Waals surface area (Å²) < 4.78 is 0. The fourth-order valence-electron chi connectivity index (χ4n) is 2.28. The standard InChI is InChI=1S/C16H26N2O2/c1-5-13-10-8-9-12(4)14(13)17-15(20)18-16(6-2,7-3)11-19/h8-10,19H,5-7,11H2,1-4H3,(H2,17,18,20). The second kappa shape index (κ2) is 7.29. The summed E-state index contributed by atoms with van der Waals surface area (Å²) in [5.41, 5.74) is 2.48. The van der Waals surface area contributed by atoms with Crippen LogP contribution in [-0.4, -0.2) is 23.3 Å². The molecule has 4 nitrogen and oxygen atoms in total. The van der Waals surface area contributed by atoms with Gasteiger partial charge in [0.05, 0.1) is 12.1 Å². The number of anilines is 1. The third-order valence-corrected chi connectivity index (χ3v) is 4.01. The van der Waals surface area contributed by atoms with Crippen LogP contribution >= 0.6 is 0 Å². The van der Waals surface area contributed by atoms with Crippen LogP contribution in [0, 0.1) is 6.92 Å². The smallest absolute Gasteiger partial charge is 0.319 e. The molecule has 0 fully saturated rings. The molecule has 1 aromatic rings. The number of nitrogens with one attached hydrogen (secondary N) is 2. The second-order valence-electron chi connectivity index (χ2n) is 5.19. The fourth-order valence-corrected chi connectivity index (χ4v) is 2.28. The van der Waals surface area contributed by atoms with Crippen molar-refractivity contribution in [3.63, 3.8) is 0 Å². The van der Waals surface area contributed by atoms with Gasteiger partial charge in [-0.05, 0) is 37.3 Å². The summed E-state index contributed by atoms with van der Waals surface area (Å²) in [5, 5.41) is 15.3. The van der Waals surface area contributed by atoms with Gasteiger partial charge in [0.15, 0.2) is 0 Å². The van der Waals surface area contributed by atoms with E-state index in [4.69, 9.17) is 0 Å². The Morgan fingerprint density at radius 1 is 1.25 bits per heavy atom. The van der Waals surface area contributed by atoms with E-state index in [1.807, 2.05) is 39.0 Å². The Hall–Kier alpha value is -1.55. The number of urea groups is 1. The van der Waals surface area contributed by atoms with E-state index >= 15 is 0 Å². The van der Waals surface area contributed by atoms with Gasteiger partial charge in [0.1, 0.15) is 0 Å². The van der Waals surface area contributed by atoms with Crippen molar-refractivity contribution in [1.82, 2.24) is 5.32 Å². The lowest BCUT2D eigenvalue weighted by Crippen LogP contribution is -2.52. The summed E-state index contributed by atoms with van der Waals surface area (Å²) in [4.78, 5) is 12.2. The summed E-state index contributed by atoms with van der Waals surface area (Å²) >= 11 is 0. The molecular formula is C16H26N2O2. The van der Waals surface area contributed by atoms with Gasteiger partial charge in [0.2, 0.25) is 0 Å². The molecule has 1 rings (SSSR count). The van der Waals surface area contributed by atoms with E-state index in [1.54, 1.807) is 0 Å². The van der Waals surface area contributed by atoms with Crippen molar-refractivity contribution in [2.24, 2.45) is 0 Å². The largest absolute Gasteiger partial charge is 0.394 e. The number of hydrogen-bond acceptors (Lipinski definition) is 2. The van der Waals surface area contributed by atoms with Gasteiger partial charge in [-0.3, -0.25) is 0 Å². The molecule has 0 saturated heterocycles. The molecule has 112 valence electrons. The summed E-state index contributed by atoms with van der Waals surface area (Å²) in [5.74, 6) is 0. The summed E-state index contributed by atoms with van der Waals surface area (Å²) in [6, 6.07) is 5.73. The monoisotopic (exact) mass is 278 g/mol. The number of carbonyl (C=O) groups excluding carboxylic acids is 1. The minimum atomic E-state index is -0.543. The first kappa shape index (κ1) is 16.5. The molecule has 20 heavy (non-hydrogen) atoms. The Morgan fingerprint density at radius 3 is 2.40 bits per heavy atom. The maximum atomic E-state index is 12.2. The highest BCUT2D eigenvalue weighted by Crippen LogP contribution is 2.21. The first-order valence-electron chi connectivity index (χ1n) is 7.30. The molecule has 0 heterocycles. The molecule has 0 aliphatic carbocycles. The van der Waals surface area contributed by atoms with Gasteiger partial charge in [-0.25, -0.2) is 4.79 Å². The van der Waals surface area contributed by atoms with Crippen LogP contribution in [0.5, 0.6) is 0 Å². The lowest BCUT2D eigenvalue weighted by Gasteiger charge is -2.31. The van der Waals surface area contributed by atoms with E-state index in [9.17, 15) is 9.90 Å². The maximum absolute atomic E-state index is 12.2. The highest BCUT2D eigenvalue weighted by molar-refractivity contribution is 5.91. The molecule has 4 heteroatoms. The quantitative estimate of drug-likeness (QED) is 0.748. The SMILES string of the molecule is CCc1cccc(C)c1NC(=O)NC(CC)(CC)CO. The second-order valence-corrected chi connectivity index (χ2v) is 5.19. The minimum absolute atomic E-state index is 0.0537. The van der Waals surface area contributed by atoms with Gasteiger partial charge in [-0.2, -0.15) is 0 Å². The average Bonchev–Trinajstić information content (AvgIpc) is 2.47. The van der Waals surface area contributed by atoms with Gasteiger partial charge in [0, 0.05) is 5.69 Å². The van der Waals surface area contributed by atoms with Crippen LogP contribution in [0.25, 0.3) is 0 Å². The first-order chi connectivity index (χ1) is 9.51. The molecule has 3 N–H and O–H groups in total. The van der Waals surface area contributed by atoms with Crippen LogP contribution in [0.1, 0.15) is 44.7 Å². The molecule has 1 aromatic carbocycles. The molecule has 0 bridgehead atoms. The Labute approximate surface area is 121 Å². The Kier molecular flexibility index (Phi) is 6.02. The number of aryl methyl sites for hydroxylation is 2. The normalized spacial score (nSPS) is 11.2. The summed E-state index contributed by atoms with van der Waals surface area (Å²) in [7, 11) is 0. The van der Waals surface area contributed by atoms with E-state index in [-0.39, 0.29) is 12.6 Å². The van der Waals surface area contributed by atoms with E-state index in [0.29, 0.717) is 12.8 Å². The van der Waals surface area contributed by atoms with E-state index in [0.717, 1.165) is 23.2 Å². The predicted molar refractivity (Wildman–Crippen MR) is 83.1 cm³/mol. The zero-order valence-corrected chi connectivity index (χ0v) is 12.9. The number of amides is 2.